The van der Waals surface area contributed by atoms with E-state index in [0.717, 1.165) is 46.5 Å². The monoisotopic (exact) mass is 536 g/mol. The standard InChI is InChI=1S/C29H33ClN4O2S/c1-17-9-12-22(18(2)13-17)34-28-25(27(32-34)29(3,4)5)26(19-7-6-8-20(30)14-19)37-16-24(36)33(28)15-23(35)31-21-10-11-21/h6-9,12-14,21,26H,10-11,15-16H2,1-5H3,(H,31,35)/t26-/m1/s1. The van der Waals surface area contributed by atoms with Crippen LogP contribution < -0.4 is 10.2 Å². The first kappa shape index (κ1) is 25.9. The second-order valence-corrected chi connectivity index (χ2v) is 12.6. The van der Waals surface area contributed by atoms with Gasteiger partial charge in [0.05, 0.1) is 22.4 Å². The lowest BCUT2D eigenvalue weighted by atomic mass is 9.87. The molecular weight excluding hydrogens is 504 g/mol. The molecule has 0 unspecified atom stereocenters. The summed E-state index contributed by atoms with van der Waals surface area (Å²) < 4.78 is 1.89. The minimum absolute atomic E-state index is 0.0364. The highest BCUT2D eigenvalue weighted by molar-refractivity contribution is 8.00. The van der Waals surface area contributed by atoms with E-state index in [1.807, 2.05) is 35.0 Å². The van der Waals surface area contributed by atoms with Gasteiger partial charge in [-0.15, -0.1) is 11.8 Å². The molecule has 1 saturated carbocycles. The first-order chi connectivity index (χ1) is 17.5. The zero-order chi connectivity index (χ0) is 26.5. The maximum atomic E-state index is 13.7. The lowest BCUT2D eigenvalue weighted by molar-refractivity contribution is -0.123. The molecule has 8 heteroatoms. The van der Waals surface area contributed by atoms with Gasteiger partial charge in [-0.3, -0.25) is 14.5 Å². The SMILES string of the molecule is Cc1ccc(-n2nc(C(C)(C)C)c3c2N(CC(=O)NC2CC2)C(=O)CS[C@@H]3c2cccc(Cl)c2)c(C)c1. The fourth-order valence-electron chi connectivity index (χ4n) is 4.86. The van der Waals surface area contributed by atoms with Crippen LogP contribution in [0.15, 0.2) is 42.5 Å². The van der Waals surface area contributed by atoms with Crippen LogP contribution in [0, 0.1) is 13.8 Å². The van der Waals surface area contributed by atoms with E-state index in [4.69, 9.17) is 16.7 Å². The molecule has 6 nitrogen and oxygen atoms in total. The Morgan fingerprint density at radius 1 is 1.16 bits per heavy atom. The van der Waals surface area contributed by atoms with Gasteiger partial charge in [0.15, 0.2) is 0 Å². The molecule has 3 aromatic rings. The molecule has 5 rings (SSSR count). The molecule has 1 fully saturated rings. The number of rotatable bonds is 5. The van der Waals surface area contributed by atoms with Crippen molar-refractivity contribution in [1.29, 1.82) is 0 Å². The number of hydrogen-bond donors (Lipinski definition) is 1. The Morgan fingerprint density at radius 3 is 2.57 bits per heavy atom. The van der Waals surface area contributed by atoms with Crippen molar-refractivity contribution < 1.29 is 9.59 Å². The van der Waals surface area contributed by atoms with E-state index in [0.29, 0.717) is 10.8 Å². The molecule has 2 amide bonds. The first-order valence-corrected chi connectivity index (χ1v) is 14.1. The molecule has 1 aromatic heterocycles. The molecule has 0 bridgehead atoms. The molecule has 0 radical (unpaired) electrons. The predicted octanol–water partition coefficient (Wildman–Crippen LogP) is 5.89. The third kappa shape index (κ3) is 5.30. The molecule has 1 aliphatic carbocycles. The number of carbonyl (C=O) groups excluding carboxylic acids is 2. The van der Waals surface area contributed by atoms with Crippen LogP contribution in [-0.2, 0) is 15.0 Å². The average molecular weight is 537 g/mol. The third-order valence-electron chi connectivity index (χ3n) is 6.78. The zero-order valence-corrected chi connectivity index (χ0v) is 23.5. The van der Waals surface area contributed by atoms with Crippen molar-refractivity contribution in [3.63, 3.8) is 0 Å². The quantitative estimate of drug-likeness (QED) is 0.441. The highest BCUT2D eigenvalue weighted by Crippen LogP contribution is 2.48. The number of halogens is 1. The van der Waals surface area contributed by atoms with Gasteiger partial charge in [0.1, 0.15) is 12.4 Å². The largest absolute Gasteiger partial charge is 0.352 e. The average Bonchev–Trinajstić information content (AvgIpc) is 3.56. The summed E-state index contributed by atoms with van der Waals surface area (Å²) in [6.45, 7) is 10.5. The number of amides is 2. The van der Waals surface area contributed by atoms with E-state index in [9.17, 15) is 9.59 Å². The summed E-state index contributed by atoms with van der Waals surface area (Å²) in [4.78, 5) is 28.4. The van der Waals surface area contributed by atoms with Gasteiger partial charge in [-0.1, -0.05) is 62.2 Å². The Bertz CT molecular complexity index is 1370. The molecule has 1 atom stereocenters. The van der Waals surface area contributed by atoms with E-state index in [1.165, 1.54) is 0 Å². The summed E-state index contributed by atoms with van der Waals surface area (Å²) in [5, 5.41) is 8.71. The Hall–Kier alpha value is -2.77. The topological polar surface area (TPSA) is 67.2 Å². The van der Waals surface area contributed by atoms with E-state index >= 15 is 0 Å². The Kier molecular flexibility index (Phi) is 6.88. The molecule has 0 saturated heterocycles. The van der Waals surface area contributed by atoms with Crippen molar-refractivity contribution in [2.45, 2.75) is 64.2 Å². The van der Waals surface area contributed by atoms with Crippen molar-refractivity contribution in [3.05, 3.63) is 75.4 Å². The van der Waals surface area contributed by atoms with Crippen LogP contribution >= 0.6 is 23.4 Å². The second-order valence-electron chi connectivity index (χ2n) is 11.1. The molecule has 0 spiro atoms. The van der Waals surface area contributed by atoms with Crippen molar-refractivity contribution in [2.75, 3.05) is 17.2 Å². The normalized spacial score (nSPS) is 17.9. The van der Waals surface area contributed by atoms with Gasteiger partial charge in [-0.25, -0.2) is 4.68 Å². The van der Waals surface area contributed by atoms with Gasteiger partial charge in [-0.2, -0.15) is 5.10 Å². The second kappa shape index (κ2) is 9.84. The number of aromatic nitrogens is 2. The fraction of sp³-hybridized carbons (Fsp3) is 0.414. The van der Waals surface area contributed by atoms with Crippen LogP contribution in [0.25, 0.3) is 5.69 Å². The van der Waals surface area contributed by atoms with Crippen molar-refractivity contribution in [2.24, 2.45) is 0 Å². The van der Waals surface area contributed by atoms with Gasteiger partial charge < -0.3 is 5.32 Å². The highest BCUT2D eigenvalue weighted by atomic mass is 35.5. The summed E-state index contributed by atoms with van der Waals surface area (Å²) in [6, 6.07) is 14.2. The van der Waals surface area contributed by atoms with Gasteiger partial charge in [0, 0.05) is 22.0 Å². The number of benzene rings is 2. The van der Waals surface area contributed by atoms with E-state index < -0.39 is 0 Å². The molecular formula is C29H33ClN4O2S. The number of nitrogens with one attached hydrogen (secondary N) is 1. The zero-order valence-electron chi connectivity index (χ0n) is 22.0. The minimum Gasteiger partial charge on any atom is -0.352 e. The molecule has 37 heavy (non-hydrogen) atoms. The van der Waals surface area contributed by atoms with Crippen LogP contribution in [0.3, 0.4) is 0 Å². The van der Waals surface area contributed by atoms with Crippen LogP contribution in [0.4, 0.5) is 5.82 Å². The summed E-state index contributed by atoms with van der Waals surface area (Å²) >= 11 is 7.98. The number of aryl methyl sites for hydroxylation is 2. The van der Waals surface area contributed by atoms with Crippen LogP contribution in [0.5, 0.6) is 0 Å². The van der Waals surface area contributed by atoms with Crippen molar-refractivity contribution in [1.82, 2.24) is 15.1 Å². The number of thioether (sulfide) groups is 1. The Morgan fingerprint density at radius 2 is 1.92 bits per heavy atom. The van der Waals surface area contributed by atoms with Crippen LogP contribution in [-0.4, -0.2) is 39.9 Å². The Labute approximate surface area is 227 Å². The first-order valence-electron chi connectivity index (χ1n) is 12.7. The molecule has 194 valence electrons. The number of fused-ring (bicyclic) bond motifs is 1. The smallest absolute Gasteiger partial charge is 0.240 e. The maximum absolute atomic E-state index is 13.7. The summed E-state index contributed by atoms with van der Waals surface area (Å²) in [7, 11) is 0. The van der Waals surface area contributed by atoms with E-state index in [-0.39, 0.29) is 40.8 Å². The van der Waals surface area contributed by atoms with Crippen LogP contribution in [0.1, 0.15) is 66.8 Å². The summed E-state index contributed by atoms with van der Waals surface area (Å²) in [5.74, 6) is 0.675. The number of hydrogen-bond acceptors (Lipinski definition) is 4. The van der Waals surface area contributed by atoms with E-state index in [1.54, 1.807) is 16.7 Å². The van der Waals surface area contributed by atoms with Crippen molar-refractivity contribution >= 4 is 41.0 Å². The van der Waals surface area contributed by atoms with Gasteiger partial charge >= 0.3 is 0 Å². The summed E-state index contributed by atoms with van der Waals surface area (Å²) in [5.41, 5.74) is 5.68. The predicted molar refractivity (Wildman–Crippen MR) is 151 cm³/mol. The lowest BCUT2D eigenvalue weighted by Gasteiger charge is -2.25. The fourth-order valence-corrected chi connectivity index (χ4v) is 6.25. The lowest BCUT2D eigenvalue weighted by Crippen LogP contribution is -2.43. The van der Waals surface area contributed by atoms with Crippen molar-refractivity contribution in [3.8, 4) is 5.69 Å². The third-order valence-corrected chi connectivity index (χ3v) is 8.27. The number of anilines is 1. The number of carbonyl (C=O) groups is 2. The van der Waals surface area contributed by atoms with E-state index in [2.05, 4.69) is 52.1 Å². The molecule has 1 aliphatic heterocycles. The Balaban J connectivity index is 1.77. The molecule has 1 N–H and O–H groups in total. The molecule has 2 aliphatic rings. The van der Waals surface area contributed by atoms with Crippen LogP contribution in [0.2, 0.25) is 5.02 Å². The summed E-state index contributed by atoms with van der Waals surface area (Å²) in [6.07, 6.45) is 1.98. The maximum Gasteiger partial charge on any atom is 0.240 e. The minimum atomic E-state index is -0.305. The molecule has 2 aromatic carbocycles. The molecule has 2 heterocycles. The number of nitrogens with zero attached hydrogens (tertiary/aromatic N) is 3. The van der Waals surface area contributed by atoms with Gasteiger partial charge in [0.25, 0.3) is 0 Å². The highest BCUT2D eigenvalue weighted by Gasteiger charge is 2.40. The van der Waals surface area contributed by atoms with Gasteiger partial charge in [-0.05, 0) is 56.0 Å². The van der Waals surface area contributed by atoms with Gasteiger partial charge in [0.2, 0.25) is 11.8 Å².